The summed E-state index contributed by atoms with van der Waals surface area (Å²) in [7, 11) is 3.21. The lowest BCUT2D eigenvalue weighted by molar-refractivity contribution is -0.135. The zero-order chi connectivity index (χ0) is 19.1. The van der Waals surface area contributed by atoms with Gasteiger partial charge in [0.2, 0.25) is 5.91 Å². The molecule has 2 N–H and O–H groups in total. The lowest BCUT2D eigenvalue weighted by Crippen LogP contribution is -2.46. The highest BCUT2D eigenvalue weighted by molar-refractivity contribution is 5.85. The minimum Gasteiger partial charge on any atom is -0.497 e. The number of amides is 1. The molecule has 0 aromatic heterocycles. The summed E-state index contributed by atoms with van der Waals surface area (Å²) in [6.07, 6.45) is 0. The number of rotatable bonds is 8. The van der Waals surface area contributed by atoms with Gasteiger partial charge in [-0.2, -0.15) is 0 Å². The highest BCUT2D eigenvalue weighted by atomic mass is 35.5. The fraction of sp³-hybridized carbons (Fsp3) is 0.381. The van der Waals surface area contributed by atoms with Gasteiger partial charge in [0, 0.05) is 13.7 Å². The van der Waals surface area contributed by atoms with Crippen molar-refractivity contribution >= 4 is 18.3 Å². The van der Waals surface area contributed by atoms with Crippen LogP contribution in [0.2, 0.25) is 0 Å². The lowest BCUT2D eigenvalue weighted by Gasteiger charge is -2.30. The van der Waals surface area contributed by atoms with Gasteiger partial charge in [0.1, 0.15) is 11.8 Å². The van der Waals surface area contributed by atoms with Crippen molar-refractivity contribution in [2.45, 2.75) is 25.9 Å². The molecule has 148 valence electrons. The number of halogens is 1. The normalized spacial score (nSPS) is 12.6. The molecule has 0 saturated carbocycles. The summed E-state index contributed by atoms with van der Waals surface area (Å²) in [5.41, 5.74) is 9.18. The van der Waals surface area contributed by atoms with Crippen LogP contribution in [0.4, 0.5) is 0 Å². The molecule has 0 fully saturated rings. The topological polar surface area (TPSA) is 64.8 Å². The number of benzene rings is 2. The Balaban J connectivity index is 0.00000364. The number of methoxy groups -OCH3 is 2. The minimum absolute atomic E-state index is 0. The Kier molecular flexibility index (Phi) is 9.29. The van der Waals surface area contributed by atoms with E-state index >= 15 is 0 Å². The van der Waals surface area contributed by atoms with Crippen molar-refractivity contribution in [1.82, 2.24) is 4.90 Å². The summed E-state index contributed by atoms with van der Waals surface area (Å²) < 4.78 is 10.3. The first-order chi connectivity index (χ1) is 12.5. The van der Waals surface area contributed by atoms with E-state index in [-0.39, 0.29) is 31.0 Å². The highest BCUT2D eigenvalue weighted by Gasteiger charge is 2.24. The largest absolute Gasteiger partial charge is 0.497 e. The molecule has 2 atom stereocenters. The molecular formula is C21H29ClN2O3. The first kappa shape index (κ1) is 23.0. The number of hydrogen-bond acceptors (Lipinski definition) is 4. The second-order valence-electron chi connectivity index (χ2n) is 6.22. The average molecular weight is 393 g/mol. The number of likely N-dealkylation sites (N-methyl/N-ethyl adjacent to an activating group) is 1. The molecule has 0 aliphatic heterocycles. The molecule has 2 aromatic carbocycles. The van der Waals surface area contributed by atoms with E-state index in [1.807, 2.05) is 38.1 Å². The Morgan fingerprint density at radius 2 is 1.78 bits per heavy atom. The van der Waals surface area contributed by atoms with Crippen LogP contribution in [0.25, 0.3) is 11.1 Å². The van der Waals surface area contributed by atoms with E-state index in [0.717, 1.165) is 22.4 Å². The van der Waals surface area contributed by atoms with Crippen molar-refractivity contribution in [2.24, 2.45) is 5.73 Å². The van der Waals surface area contributed by atoms with Gasteiger partial charge in [-0.1, -0.05) is 36.4 Å². The van der Waals surface area contributed by atoms with Crippen LogP contribution < -0.4 is 10.5 Å². The van der Waals surface area contributed by atoms with Crippen LogP contribution in [0, 0.1) is 0 Å². The number of nitrogens with zero attached hydrogens (tertiary/aromatic N) is 1. The third-order valence-electron chi connectivity index (χ3n) is 4.55. The van der Waals surface area contributed by atoms with Gasteiger partial charge in [-0.3, -0.25) is 4.79 Å². The monoisotopic (exact) mass is 392 g/mol. The van der Waals surface area contributed by atoms with Gasteiger partial charge >= 0.3 is 0 Å². The number of hydrogen-bond donors (Lipinski definition) is 1. The molecule has 2 aromatic rings. The van der Waals surface area contributed by atoms with E-state index < -0.39 is 6.04 Å². The smallest absolute Gasteiger partial charge is 0.242 e. The molecule has 0 saturated heterocycles. The predicted octanol–water partition coefficient (Wildman–Crippen LogP) is 3.67. The standard InChI is InChI=1S/C21H28N2O3.ClH/c1-5-23(21(24)20(22)14-25-3)15(2)16-9-11-17(12-10-16)18-7-6-8-19(13-18)26-4;/h6-13,15,20H,5,14,22H2,1-4H3;1H. The zero-order valence-corrected chi connectivity index (χ0v) is 17.2. The van der Waals surface area contributed by atoms with Gasteiger partial charge < -0.3 is 20.1 Å². The van der Waals surface area contributed by atoms with E-state index in [4.69, 9.17) is 15.2 Å². The molecule has 0 aliphatic rings. The first-order valence-corrected chi connectivity index (χ1v) is 8.81. The zero-order valence-electron chi connectivity index (χ0n) is 16.3. The van der Waals surface area contributed by atoms with Crippen molar-refractivity contribution in [1.29, 1.82) is 0 Å². The maximum Gasteiger partial charge on any atom is 0.242 e. The molecule has 5 nitrogen and oxygen atoms in total. The van der Waals surface area contributed by atoms with Gasteiger partial charge in [0.05, 0.1) is 19.8 Å². The van der Waals surface area contributed by atoms with Crippen molar-refractivity contribution in [2.75, 3.05) is 27.4 Å². The molecule has 0 heterocycles. The summed E-state index contributed by atoms with van der Waals surface area (Å²) in [5.74, 6) is 0.730. The molecule has 0 aliphatic carbocycles. The summed E-state index contributed by atoms with van der Waals surface area (Å²) in [4.78, 5) is 14.3. The molecule has 0 radical (unpaired) electrons. The van der Waals surface area contributed by atoms with Gasteiger partial charge in [0.25, 0.3) is 0 Å². The van der Waals surface area contributed by atoms with Crippen molar-refractivity contribution in [3.05, 3.63) is 54.1 Å². The van der Waals surface area contributed by atoms with Crippen LogP contribution in [0.1, 0.15) is 25.5 Å². The Morgan fingerprint density at radius 1 is 1.11 bits per heavy atom. The number of ether oxygens (including phenoxy) is 2. The number of nitrogens with two attached hydrogens (primary N) is 1. The van der Waals surface area contributed by atoms with Crippen LogP contribution in [-0.4, -0.2) is 44.2 Å². The van der Waals surface area contributed by atoms with E-state index in [1.54, 1.807) is 19.1 Å². The molecule has 2 unspecified atom stereocenters. The summed E-state index contributed by atoms with van der Waals surface area (Å²) >= 11 is 0. The van der Waals surface area contributed by atoms with Crippen LogP contribution in [-0.2, 0) is 9.53 Å². The molecule has 1 amide bonds. The second kappa shape index (κ2) is 10.9. The average Bonchev–Trinajstić information content (AvgIpc) is 2.68. The Labute approximate surface area is 167 Å². The Hall–Kier alpha value is -2.08. The van der Waals surface area contributed by atoms with Crippen LogP contribution in [0.3, 0.4) is 0 Å². The molecule has 27 heavy (non-hydrogen) atoms. The van der Waals surface area contributed by atoms with E-state index in [9.17, 15) is 4.79 Å². The van der Waals surface area contributed by atoms with E-state index in [1.165, 1.54) is 0 Å². The quantitative estimate of drug-likeness (QED) is 0.744. The molecule has 2 rings (SSSR count). The number of carbonyl (C=O) groups is 1. The summed E-state index contributed by atoms with van der Waals surface area (Å²) in [6, 6.07) is 15.5. The SMILES string of the molecule is CCN(C(=O)C(N)COC)C(C)c1ccc(-c2cccc(OC)c2)cc1.Cl. The summed E-state index contributed by atoms with van der Waals surface area (Å²) in [6.45, 7) is 4.78. The van der Waals surface area contributed by atoms with Crippen molar-refractivity contribution < 1.29 is 14.3 Å². The fourth-order valence-electron chi connectivity index (χ4n) is 3.02. The van der Waals surface area contributed by atoms with Gasteiger partial charge in [-0.05, 0) is 42.7 Å². The highest BCUT2D eigenvalue weighted by Crippen LogP contribution is 2.27. The molecule has 0 spiro atoms. The van der Waals surface area contributed by atoms with Crippen molar-refractivity contribution in [3.63, 3.8) is 0 Å². The third kappa shape index (κ3) is 5.70. The first-order valence-electron chi connectivity index (χ1n) is 8.81. The van der Waals surface area contributed by atoms with Crippen LogP contribution in [0.5, 0.6) is 5.75 Å². The predicted molar refractivity (Wildman–Crippen MR) is 111 cm³/mol. The number of carbonyl (C=O) groups excluding carboxylic acids is 1. The van der Waals surface area contributed by atoms with Gasteiger partial charge in [-0.15, -0.1) is 12.4 Å². The van der Waals surface area contributed by atoms with E-state index in [0.29, 0.717) is 6.54 Å². The van der Waals surface area contributed by atoms with Gasteiger partial charge in [0.15, 0.2) is 0 Å². The molecule has 6 heteroatoms. The summed E-state index contributed by atoms with van der Waals surface area (Å²) in [5, 5.41) is 0. The maximum absolute atomic E-state index is 12.5. The fourth-order valence-corrected chi connectivity index (χ4v) is 3.02. The van der Waals surface area contributed by atoms with Crippen LogP contribution >= 0.6 is 12.4 Å². The third-order valence-corrected chi connectivity index (χ3v) is 4.55. The Bertz CT molecular complexity index is 722. The molecular weight excluding hydrogens is 364 g/mol. The Morgan fingerprint density at radius 3 is 2.33 bits per heavy atom. The maximum atomic E-state index is 12.5. The van der Waals surface area contributed by atoms with E-state index in [2.05, 4.69) is 24.3 Å². The van der Waals surface area contributed by atoms with Crippen LogP contribution in [0.15, 0.2) is 48.5 Å². The lowest BCUT2D eigenvalue weighted by atomic mass is 10.00. The second-order valence-corrected chi connectivity index (χ2v) is 6.22. The van der Waals surface area contributed by atoms with Crippen molar-refractivity contribution in [3.8, 4) is 16.9 Å². The molecule has 0 bridgehead atoms. The minimum atomic E-state index is -0.640. The van der Waals surface area contributed by atoms with Gasteiger partial charge in [-0.25, -0.2) is 0 Å².